The summed E-state index contributed by atoms with van der Waals surface area (Å²) in [6, 6.07) is 23.0. The average Bonchev–Trinajstić information content (AvgIpc) is 3.21. The first-order valence-corrected chi connectivity index (χ1v) is 12.3. The molecule has 3 aromatic carbocycles. The summed E-state index contributed by atoms with van der Waals surface area (Å²) < 4.78 is 2.09. The zero-order valence-electron chi connectivity index (χ0n) is 20.1. The fourth-order valence-electron chi connectivity index (χ4n) is 5.69. The highest BCUT2D eigenvalue weighted by Crippen LogP contribution is 2.44. The van der Waals surface area contributed by atoms with Crippen LogP contribution < -0.4 is 10.2 Å². The van der Waals surface area contributed by atoms with Crippen LogP contribution in [0.15, 0.2) is 72.8 Å². The smallest absolute Gasteiger partial charge is 0.257 e. The monoisotopic (exact) mass is 480 g/mol. The van der Waals surface area contributed by atoms with E-state index in [9.17, 15) is 14.7 Å². The molecule has 1 atom stereocenters. The standard InChI is InChI=1S/C29H28N4O3/c1-31-24-8-4-3-7-23(24)29(36)32-17-15-22-21-6-2-5-9-25(21)33(27(22)28(31)32)18-26(35)30-16-14-19-10-12-20(34)13-11-19/h2-13,28,34H,14-18H2,1H3,(H,30,35). The summed E-state index contributed by atoms with van der Waals surface area (Å²) in [6.07, 6.45) is 1.17. The Bertz CT molecular complexity index is 1470. The number of carbonyl (C=O) groups is 2. The lowest BCUT2D eigenvalue weighted by molar-refractivity contribution is -0.121. The molecule has 1 aromatic heterocycles. The lowest BCUT2D eigenvalue weighted by Gasteiger charge is -2.46. The summed E-state index contributed by atoms with van der Waals surface area (Å²) in [6.45, 7) is 1.33. The molecule has 0 radical (unpaired) electrons. The van der Waals surface area contributed by atoms with E-state index in [0.29, 0.717) is 25.1 Å². The van der Waals surface area contributed by atoms with Crippen molar-refractivity contribution in [3.05, 3.63) is 95.2 Å². The van der Waals surface area contributed by atoms with Crippen LogP contribution in [-0.4, -0.2) is 46.5 Å². The van der Waals surface area contributed by atoms with Crippen molar-refractivity contribution in [2.45, 2.75) is 25.6 Å². The number of amides is 2. The van der Waals surface area contributed by atoms with Crippen molar-refractivity contribution < 1.29 is 14.7 Å². The first-order chi connectivity index (χ1) is 17.5. The number of hydrogen-bond acceptors (Lipinski definition) is 4. The van der Waals surface area contributed by atoms with Gasteiger partial charge in [-0.2, -0.15) is 0 Å². The van der Waals surface area contributed by atoms with Crippen molar-refractivity contribution in [1.29, 1.82) is 0 Å². The molecule has 2 aliphatic rings. The Hall–Kier alpha value is -4.26. The number of aromatic hydroxyl groups is 1. The van der Waals surface area contributed by atoms with Crippen LogP contribution in [0.1, 0.15) is 33.3 Å². The van der Waals surface area contributed by atoms with E-state index in [4.69, 9.17) is 0 Å². The highest BCUT2D eigenvalue weighted by atomic mass is 16.3. The molecule has 0 saturated carbocycles. The van der Waals surface area contributed by atoms with Crippen LogP contribution in [0, 0.1) is 0 Å². The number of phenolic OH excluding ortho intramolecular Hbond substituents is 1. The van der Waals surface area contributed by atoms with Gasteiger partial charge in [0.2, 0.25) is 5.91 Å². The van der Waals surface area contributed by atoms with Crippen molar-refractivity contribution in [3.8, 4) is 5.75 Å². The molecule has 0 spiro atoms. The molecule has 2 N–H and O–H groups in total. The van der Waals surface area contributed by atoms with Crippen LogP contribution in [0.25, 0.3) is 10.9 Å². The van der Waals surface area contributed by atoms with Crippen molar-refractivity contribution >= 4 is 28.4 Å². The maximum Gasteiger partial charge on any atom is 0.257 e. The second kappa shape index (κ2) is 8.75. The summed E-state index contributed by atoms with van der Waals surface area (Å²) in [4.78, 5) is 30.7. The zero-order valence-corrected chi connectivity index (χ0v) is 20.1. The molecular weight excluding hydrogens is 452 g/mol. The van der Waals surface area contributed by atoms with Crippen molar-refractivity contribution in [3.63, 3.8) is 0 Å². The van der Waals surface area contributed by atoms with Gasteiger partial charge in [0, 0.05) is 31.0 Å². The fourth-order valence-corrected chi connectivity index (χ4v) is 5.69. The number of carbonyl (C=O) groups excluding carboxylic acids is 2. The van der Waals surface area contributed by atoms with Crippen molar-refractivity contribution in [1.82, 2.24) is 14.8 Å². The molecule has 182 valence electrons. The third kappa shape index (κ3) is 3.59. The van der Waals surface area contributed by atoms with E-state index in [0.717, 1.165) is 34.3 Å². The van der Waals surface area contributed by atoms with Gasteiger partial charge in [-0.05, 0) is 54.3 Å². The fraction of sp³-hybridized carbons (Fsp3) is 0.241. The van der Waals surface area contributed by atoms with E-state index >= 15 is 0 Å². The maximum absolute atomic E-state index is 13.4. The van der Waals surface area contributed by atoms with Crippen LogP contribution in [0.2, 0.25) is 0 Å². The van der Waals surface area contributed by atoms with Gasteiger partial charge in [-0.3, -0.25) is 9.59 Å². The minimum atomic E-state index is -0.270. The van der Waals surface area contributed by atoms with Gasteiger partial charge in [-0.1, -0.05) is 42.5 Å². The Balaban J connectivity index is 1.33. The minimum Gasteiger partial charge on any atom is -0.508 e. The Morgan fingerprint density at radius 1 is 1.03 bits per heavy atom. The van der Waals surface area contributed by atoms with Crippen LogP contribution in [0.3, 0.4) is 0 Å². The lowest BCUT2D eigenvalue weighted by Crippen LogP contribution is -2.51. The van der Waals surface area contributed by atoms with Crippen LogP contribution >= 0.6 is 0 Å². The van der Waals surface area contributed by atoms with E-state index in [2.05, 4.69) is 26.9 Å². The number of benzene rings is 3. The molecule has 0 saturated heterocycles. The Labute approximate surface area is 209 Å². The molecule has 36 heavy (non-hydrogen) atoms. The van der Waals surface area contributed by atoms with Gasteiger partial charge in [-0.25, -0.2) is 0 Å². The predicted octanol–water partition coefficient (Wildman–Crippen LogP) is 3.85. The molecule has 1 unspecified atom stereocenters. The van der Waals surface area contributed by atoms with E-state index in [-0.39, 0.29) is 30.3 Å². The van der Waals surface area contributed by atoms with E-state index in [1.165, 1.54) is 5.56 Å². The van der Waals surface area contributed by atoms with Crippen LogP contribution in [0.5, 0.6) is 5.75 Å². The molecular formula is C29H28N4O3. The molecule has 2 amide bonds. The van der Waals surface area contributed by atoms with E-state index in [1.807, 2.05) is 60.5 Å². The predicted molar refractivity (Wildman–Crippen MR) is 139 cm³/mol. The second-order valence-electron chi connectivity index (χ2n) is 9.48. The third-order valence-corrected chi connectivity index (χ3v) is 7.38. The Kier molecular flexibility index (Phi) is 5.40. The molecule has 0 bridgehead atoms. The lowest BCUT2D eigenvalue weighted by atomic mass is 9.96. The molecule has 6 rings (SSSR count). The number of rotatable bonds is 5. The maximum atomic E-state index is 13.4. The van der Waals surface area contributed by atoms with Crippen LogP contribution in [-0.2, 0) is 24.2 Å². The summed E-state index contributed by atoms with van der Waals surface area (Å²) in [5, 5.41) is 13.7. The first kappa shape index (κ1) is 22.2. The highest BCUT2D eigenvalue weighted by Gasteiger charge is 2.42. The number of aromatic nitrogens is 1. The molecule has 4 aromatic rings. The molecule has 0 aliphatic carbocycles. The first-order valence-electron chi connectivity index (χ1n) is 12.3. The average molecular weight is 481 g/mol. The SMILES string of the molecule is CN1c2ccccc2C(=O)N2CCc3c(n(CC(=O)NCCc4ccc(O)cc4)c4ccccc34)C21. The number of phenols is 1. The second-order valence-corrected chi connectivity index (χ2v) is 9.48. The van der Waals surface area contributed by atoms with Crippen LogP contribution in [0.4, 0.5) is 5.69 Å². The number of anilines is 1. The van der Waals surface area contributed by atoms with Gasteiger partial charge >= 0.3 is 0 Å². The van der Waals surface area contributed by atoms with Gasteiger partial charge in [0.25, 0.3) is 5.91 Å². The highest BCUT2D eigenvalue weighted by molar-refractivity contribution is 6.02. The van der Waals surface area contributed by atoms with Gasteiger partial charge in [0.1, 0.15) is 18.5 Å². The minimum absolute atomic E-state index is 0.0366. The number of para-hydroxylation sites is 2. The molecule has 7 nitrogen and oxygen atoms in total. The Morgan fingerprint density at radius 2 is 1.78 bits per heavy atom. The topological polar surface area (TPSA) is 77.8 Å². The third-order valence-electron chi connectivity index (χ3n) is 7.38. The summed E-state index contributed by atoms with van der Waals surface area (Å²) in [5.74, 6) is 0.198. The molecule has 7 heteroatoms. The van der Waals surface area contributed by atoms with E-state index in [1.54, 1.807) is 12.1 Å². The summed E-state index contributed by atoms with van der Waals surface area (Å²) in [5.41, 5.74) is 5.91. The number of nitrogens with one attached hydrogen (secondary N) is 1. The van der Waals surface area contributed by atoms with Gasteiger partial charge in [0.05, 0.1) is 16.9 Å². The van der Waals surface area contributed by atoms with E-state index < -0.39 is 0 Å². The largest absolute Gasteiger partial charge is 0.508 e. The Morgan fingerprint density at radius 3 is 2.61 bits per heavy atom. The zero-order chi connectivity index (χ0) is 24.8. The summed E-state index contributed by atoms with van der Waals surface area (Å²) >= 11 is 0. The number of fused-ring (bicyclic) bond motifs is 6. The molecule has 2 aliphatic heterocycles. The quantitative estimate of drug-likeness (QED) is 0.455. The summed E-state index contributed by atoms with van der Waals surface area (Å²) in [7, 11) is 2.03. The van der Waals surface area contributed by atoms with Gasteiger partial charge < -0.3 is 24.8 Å². The number of nitrogens with zero attached hydrogens (tertiary/aromatic N) is 3. The van der Waals surface area contributed by atoms with Crippen molar-refractivity contribution in [2.24, 2.45) is 0 Å². The molecule has 3 heterocycles. The normalized spacial score (nSPS) is 16.5. The van der Waals surface area contributed by atoms with Gasteiger partial charge in [0.15, 0.2) is 0 Å². The van der Waals surface area contributed by atoms with Gasteiger partial charge in [-0.15, -0.1) is 0 Å². The molecule has 0 fully saturated rings. The number of hydrogen-bond donors (Lipinski definition) is 2. The van der Waals surface area contributed by atoms with Crippen molar-refractivity contribution in [2.75, 3.05) is 25.0 Å².